The lowest BCUT2D eigenvalue weighted by atomic mass is 10.1. The van der Waals surface area contributed by atoms with Crippen molar-refractivity contribution in [2.75, 3.05) is 31.2 Å². The van der Waals surface area contributed by atoms with E-state index in [2.05, 4.69) is 10.3 Å². The summed E-state index contributed by atoms with van der Waals surface area (Å²) in [5, 5.41) is 12.1. The molecule has 2 aliphatic heterocycles. The Kier molecular flexibility index (Phi) is 7.01. The molecule has 2 aliphatic rings. The molecule has 0 unspecified atom stereocenters. The highest BCUT2D eigenvalue weighted by molar-refractivity contribution is 6.06. The molecule has 1 fully saturated rings. The summed E-state index contributed by atoms with van der Waals surface area (Å²) in [6, 6.07) is 15.2. The number of unbranched alkanes of at least 4 members (excludes halogenated alkanes) is 2. The molecule has 168 valence electrons. The number of guanidine groups is 1. The van der Waals surface area contributed by atoms with Crippen molar-refractivity contribution in [3.63, 3.8) is 0 Å². The second kappa shape index (κ2) is 10.3. The lowest BCUT2D eigenvalue weighted by molar-refractivity contribution is -0.119. The second-order valence-corrected chi connectivity index (χ2v) is 7.86. The van der Waals surface area contributed by atoms with Crippen LogP contribution in [0.5, 0.6) is 5.75 Å². The first-order valence-corrected chi connectivity index (χ1v) is 11.0. The molecule has 0 aromatic heterocycles. The van der Waals surface area contributed by atoms with Crippen molar-refractivity contribution in [3.05, 3.63) is 54.1 Å². The van der Waals surface area contributed by atoms with Crippen molar-refractivity contribution in [2.45, 2.75) is 32.2 Å². The third-order valence-corrected chi connectivity index (χ3v) is 5.55. The van der Waals surface area contributed by atoms with Crippen LogP contribution in [-0.4, -0.2) is 54.1 Å². The zero-order chi connectivity index (χ0) is 22.3. The molecule has 2 amide bonds. The number of anilines is 1. The van der Waals surface area contributed by atoms with E-state index < -0.39 is 0 Å². The highest BCUT2D eigenvalue weighted by Crippen LogP contribution is 2.34. The van der Waals surface area contributed by atoms with E-state index in [1.807, 2.05) is 53.4 Å². The molecule has 8 nitrogen and oxygen atoms in total. The third kappa shape index (κ3) is 5.08. The first-order chi connectivity index (χ1) is 15.7. The van der Waals surface area contributed by atoms with Gasteiger partial charge >= 0.3 is 0 Å². The Morgan fingerprint density at radius 3 is 2.75 bits per heavy atom. The van der Waals surface area contributed by atoms with E-state index >= 15 is 0 Å². The van der Waals surface area contributed by atoms with Gasteiger partial charge in [-0.3, -0.25) is 14.9 Å². The molecular formula is C24H28N4O4. The van der Waals surface area contributed by atoms with Gasteiger partial charge in [0.25, 0.3) is 0 Å². The number of aliphatic hydroxyl groups excluding tert-OH is 1. The molecular weight excluding hydrogens is 408 g/mol. The Morgan fingerprint density at radius 2 is 1.94 bits per heavy atom. The number of aliphatic hydroxyl groups is 1. The van der Waals surface area contributed by atoms with E-state index in [4.69, 9.17) is 4.74 Å². The number of amides is 2. The van der Waals surface area contributed by atoms with E-state index in [0.29, 0.717) is 38.6 Å². The van der Waals surface area contributed by atoms with Crippen LogP contribution in [0, 0.1) is 0 Å². The average molecular weight is 437 g/mol. The molecule has 0 saturated carbocycles. The molecule has 0 radical (unpaired) electrons. The number of rotatable bonds is 10. The average Bonchev–Trinajstić information content (AvgIpc) is 3.17. The van der Waals surface area contributed by atoms with Crippen LogP contribution in [0.2, 0.25) is 0 Å². The Balaban J connectivity index is 1.23. The zero-order valence-corrected chi connectivity index (χ0v) is 18.0. The van der Waals surface area contributed by atoms with Gasteiger partial charge < -0.3 is 19.6 Å². The predicted octanol–water partition coefficient (Wildman–Crippen LogP) is 2.58. The largest absolute Gasteiger partial charge is 0.493 e. The summed E-state index contributed by atoms with van der Waals surface area (Å²) in [6.07, 6.45) is 2.90. The summed E-state index contributed by atoms with van der Waals surface area (Å²) in [4.78, 5) is 32.3. The molecule has 2 aromatic rings. The van der Waals surface area contributed by atoms with Gasteiger partial charge in [-0.15, -0.1) is 0 Å². The Hall–Kier alpha value is -3.39. The van der Waals surface area contributed by atoms with Gasteiger partial charge in [-0.05, 0) is 43.5 Å². The van der Waals surface area contributed by atoms with Crippen LogP contribution in [0.4, 0.5) is 11.4 Å². The second-order valence-electron chi connectivity index (χ2n) is 7.86. The van der Waals surface area contributed by atoms with Gasteiger partial charge in [0.2, 0.25) is 17.8 Å². The minimum Gasteiger partial charge on any atom is -0.493 e. The van der Waals surface area contributed by atoms with Crippen molar-refractivity contribution in [3.8, 4) is 5.75 Å². The van der Waals surface area contributed by atoms with Crippen molar-refractivity contribution >= 4 is 29.1 Å². The number of para-hydroxylation sites is 1. The first-order valence-electron chi connectivity index (χ1n) is 11.0. The Labute approximate surface area is 187 Å². The summed E-state index contributed by atoms with van der Waals surface area (Å²) in [5.41, 5.74) is 2.63. The van der Waals surface area contributed by atoms with Crippen LogP contribution in [0.15, 0.2) is 53.5 Å². The van der Waals surface area contributed by atoms with Gasteiger partial charge in [-0.1, -0.05) is 24.3 Å². The van der Waals surface area contributed by atoms with Gasteiger partial charge in [0.15, 0.2) is 0 Å². The van der Waals surface area contributed by atoms with Crippen LogP contribution in [-0.2, 0) is 16.1 Å². The van der Waals surface area contributed by atoms with E-state index in [0.717, 1.165) is 42.0 Å². The number of aliphatic imine (C=N–C) groups is 1. The molecule has 4 rings (SSSR count). The molecule has 0 atom stereocenters. The summed E-state index contributed by atoms with van der Waals surface area (Å²) in [5.74, 6) is 1.37. The van der Waals surface area contributed by atoms with Gasteiger partial charge in [-0.25, -0.2) is 4.99 Å². The Morgan fingerprint density at radius 1 is 1.09 bits per heavy atom. The maximum atomic E-state index is 12.6. The molecule has 2 aromatic carbocycles. The van der Waals surface area contributed by atoms with Gasteiger partial charge in [0.05, 0.1) is 25.4 Å². The number of hydrogen-bond acceptors (Lipinski definition) is 6. The summed E-state index contributed by atoms with van der Waals surface area (Å²) >= 11 is 0. The van der Waals surface area contributed by atoms with E-state index in [-0.39, 0.29) is 18.4 Å². The SMILES string of the molecule is O=C1CN2Cc3c(cccc3OCCCCCC(=O)N(CCO)c3ccccc3)N=C2N1. The number of benzene rings is 2. The molecule has 8 heteroatoms. The highest BCUT2D eigenvalue weighted by atomic mass is 16.5. The molecule has 0 spiro atoms. The fraction of sp³-hybridized carbons (Fsp3) is 0.375. The smallest absolute Gasteiger partial charge is 0.246 e. The maximum absolute atomic E-state index is 12.6. The monoisotopic (exact) mass is 436 g/mol. The quantitative estimate of drug-likeness (QED) is 0.559. The normalized spacial score (nSPS) is 14.3. The number of nitrogens with zero attached hydrogens (tertiary/aromatic N) is 3. The fourth-order valence-electron chi connectivity index (χ4n) is 3.96. The topological polar surface area (TPSA) is 94.5 Å². The van der Waals surface area contributed by atoms with Crippen molar-refractivity contribution in [2.24, 2.45) is 4.99 Å². The predicted molar refractivity (Wildman–Crippen MR) is 122 cm³/mol. The van der Waals surface area contributed by atoms with Crippen LogP contribution >= 0.6 is 0 Å². The van der Waals surface area contributed by atoms with Crippen molar-refractivity contribution in [1.82, 2.24) is 10.2 Å². The molecule has 0 aliphatic carbocycles. The minimum absolute atomic E-state index is 0.0192. The number of carbonyl (C=O) groups excluding carboxylic acids is 2. The fourth-order valence-corrected chi connectivity index (χ4v) is 3.96. The summed E-state index contributed by atoms with van der Waals surface area (Å²) in [7, 11) is 0. The number of hydrogen-bond donors (Lipinski definition) is 2. The molecule has 2 N–H and O–H groups in total. The van der Waals surface area contributed by atoms with Crippen LogP contribution in [0.3, 0.4) is 0 Å². The standard InChI is InChI=1S/C24H28N4O4/c29-14-13-28(18-8-3-1-4-9-18)23(31)12-5-2-6-15-32-21-11-7-10-20-19(21)16-27-17-22(30)26-24(27)25-20/h1,3-4,7-11,29H,2,5-6,12-17H2,(H,25,26,30). The Bertz CT molecular complexity index is 993. The first kappa shape index (κ1) is 21.8. The van der Waals surface area contributed by atoms with E-state index in [1.54, 1.807) is 4.90 Å². The molecule has 32 heavy (non-hydrogen) atoms. The number of ether oxygens (including phenoxy) is 1. The number of nitrogens with one attached hydrogen (secondary N) is 1. The number of carbonyl (C=O) groups is 2. The van der Waals surface area contributed by atoms with Crippen molar-refractivity contribution in [1.29, 1.82) is 0 Å². The lowest BCUT2D eigenvalue weighted by Gasteiger charge is -2.24. The third-order valence-electron chi connectivity index (χ3n) is 5.55. The molecule has 0 bridgehead atoms. The zero-order valence-electron chi connectivity index (χ0n) is 18.0. The van der Waals surface area contributed by atoms with Gasteiger partial charge in [0, 0.05) is 24.2 Å². The maximum Gasteiger partial charge on any atom is 0.246 e. The van der Waals surface area contributed by atoms with E-state index in [1.165, 1.54) is 0 Å². The molecule has 1 saturated heterocycles. The van der Waals surface area contributed by atoms with Crippen molar-refractivity contribution < 1.29 is 19.4 Å². The summed E-state index contributed by atoms with van der Waals surface area (Å²) < 4.78 is 6.01. The summed E-state index contributed by atoms with van der Waals surface area (Å²) in [6.45, 7) is 1.70. The lowest BCUT2D eigenvalue weighted by Crippen LogP contribution is -2.33. The van der Waals surface area contributed by atoms with Crippen LogP contribution < -0.4 is 15.0 Å². The van der Waals surface area contributed by atoms with E-state index in [9.17, 15) is 14.7 Å². The van der Waals surface area contributed by atoms with Crippen LogP contribution in [0.25, 0.3) is 0 Å². The van der Waals surface area contributed by atoms with Crippen LogP contribution in [0.1, 0.15) is 31.2 Å². The highest BCUT2D eigenvalue weighted by Gasteiger charge is 2.30. The minimum atomic E-state index is -0.0664. The molecule has 2 heterocycles. The van der Waals surface area contributed by atoms with Gasteiger partial charge in [-0.2, -0.15) is 0 Å². The van der Waals surface area contributed by atoms with Gasteiger partial charge in [0.1, 0.15) is 12.3 Å². The number of fused-ring (bicyclic) bond motifs is 2.